The number of benzene rings is 1. The average molecular weight is 413 g/mol. The molecule has 1 N–H and O–H groups in total. The summed E-state index contributed by atoms with van der Waals surface area (Å²) in [4.78, 5) is 22.4. The number of aromatic nitrogens is 5. The monoisotopic (exact) mass is 412 g/mol. The van der Waals surface area contributed by atoms with E-state index in [4.69, 9.17) is 11.6 Å². The fourth-order valence-electron chi connectivity index (χ4n) is 4.05. The second kappa shape index (κ2) is 7.99. The van der Waals surface area contributed by atoms with Crippen LogP contribution in [0.4, 0.5) is 0 Å². The third-order valence-electron chi connectivity index (χ3n) is 5.94. The molecule has 2 heterocycles. The third-order valence-corrected chi connectivity index (χ3v) is 6.18. The number of hydrogen-bond acceptors (Lipinski definition) is 4. The highest BCUT2D eigenvalue weighted by molar-refractivity contribution is 6.30. The lowest BCUT2D eigenvalue weighted by molar-refractivity contribution is 0.0684. The molecule has 4 rings (SSSR count). The number of nitrogens with zero attached hydrogens (tertiary/aromatic N) is 5. The molecule has 3 aromatic rings. The van der Waals surface area contributed by atoms with E-state index in [9.17, 15) is 4.79 Å². The van der Waals surface area contributed by atoms with Crippen molar-refractivity contribution in [1.29, 1.82) is 0 Å². The molecule has 0 radical (unpaired) electrons. The van der Waals surface area contributed by atoms with Crippen molar-refractivity contribution in [3.63, 3.8) is 0 Å². The van der Waals surface area contributed by atoms with Crippen LogP contribution in [0.5, 0.6) is 0 Å². The van der Waals surface area contributed by atoms with Crippen LogP contribution in [-0.4, -0.2) is 48.6 Å². The van der Waals surface area contributed by atoms with E-state index in [0.29, 0.717) is 10.6 Å². The summed E-state index contributed by atoms with van der Waals surface area (Å²) in [7, 11) is 3.84. The standard InChI is InChI=1S/C21H25ClN6O/c1-13-23-12-18(27(13)2)20-24-19(25-26-20)14-6-5-9-17(11-14)28(3)21(29)15-7-4-8-16(22)10-15/h4,7-8,10,12,14,17H,5-6,9,11H2,1-3H3,(H,24,25,26)/t14-,17+/m0/s1. The lowest BCUT2D eigenvalue weighted by atomic mass is 9.84. The Hall–Kier alpha value is -2.67. The Morgan fingerprint density at radius 1 is 1.31 bits per heavy atom. The Bertz CT molecular complexity index is 1030. The Morgan fingerprint density at radius 2 is 2.14 bits per heavy atom. The molecule has 0 aliphatic heterocycles. The topological polar surface area (TPSA) is 79.7 Å². The zero-order chi connectivity index (χ0) is 20.5. The number of halogens is 1. The van der Waals surface area contributed by atoms with Gasteiger partial charge in [0.25, 0.3) is 5.91 Å². The zero-order valence-electron chi connectivity index (χ0n) is 16.9. The van der Waals surface area contributed by atoms with Gasteiger partial charge in [-0.1, -0.05) is 24.1 Å². The molecule has 1 saturated carbocycles. The maximum Gasteiger partial charge on any atom is 0.253 e. The quantitative estimate of drug-likeness (QED) is 0.703. The molecule has 1 aliphatic rings. The number of rotatable bonds is 4. The SMILES string of the molecule is Cc1ncc(-c2nnc([C@H]3CCC[C@@H](N(C)C(=O)c4cccc(Cl)c4)C3)[nH]2)n1C. The molecule has 7 nitrogen and oxygen atoms in total. The van der Waals surface area contributed by atoms with E-state index in [1.807, 2.05) is 42.6 Å². The van der Waals surface area contributed by atoms with Crippen LogP contribution >= 0.6 is 11.6 Å². The van der Waals surface area contributed by atoms with Gasteiger partial charge in [-0.15, -0.1) is 10.2 Å². The minimum atomic E-state index is 0.00164. The van der Waals surface area contributed by atoms with Gasteiger partial charge in [-0.3, -0.25) is 4.79 Å². The van der Waals surface area contributed by atoms with Crippen molar-refractivity contribution < 1.29 is 4.79 Å². The fourth-order valence-corrected chi connectivity index (χ4v) is 4.24. The van der Waals surface area contributed by atoms with E-state index >= 15 is 0 Å². The first-order chi connectivity index (χ1) is 13.9. The maximum atomic E-state index is 12.9. The molecule has 0 unspecified atom stereocenters. The fraction of sp³-hybridized carbons (Fsp3) is 0.429. The van der Waals surface area contributed by atoms with Crippen molar-refractivity contribution in [2.75, 3.05) is 7.05 Å². The van der Waals surface area contributed by atoms with Crippen LogP contribution in [0.3, 0.4) is 0 Å². The van der Waals surface area contributed by atoms with E-state index in [1.165, 1.54) is 0 Å². The predicted octanol–water partition coefficient (Wildman–Crippen LogP) is 3.97. The summed E-state index contributed by atoms with van der Waals surface area (Å²) in [5, 5.41) is 9.32. The molecule has 1 fully saturated rings. The molecule has 8 heteroatoms. The second-order valence-corrected chi connectivity index (χ2v) is 8.19. The lowest BCUT2D eigenvalue weighted by Crippen LogP contribution is -2.40. The Labute approximate surface area is 175 Å². The van der Waals surface area contributed by atoms with Crippen LogP contribution < -0.4 is 0 Å². The molecule has 0 bridgehead atoms. The molecule has 0 saturated heterocycles. The summed E-state index contributed by atoms with van der Waals surface area (Å²) < 4.78 is 1.99. The minimum absolute atomic E-state index is 0.00164. The summed E-state index contributed by atoms with van der Waals surface area (Å²) in [6, 6.07) is 7.28. The molecule has 152 valence electrons. The van der Waals surface area contributed by atoms with Crippen LogP contribution in [0.1, 0.15) is 53.6 Å². The lowest BCUT2D eigenvalue weighted by Gasteiger charge is -2.34. The molecule has 0 spiro atoms. The van der Waals surface area contributed by atoms with Gasteiger partial charge in [-0.2, -0.15) is 0 Å². The maximum absolute atomic E-state index is 12.9. The summed E-state index contributed by atoms with van der Waals surface area (Å²) >= 11 is 6.05. The normalized spacial score (nSPS) is 19.3. The minimum Gasteiger partial charge on any atom is -0.339 e. The van der Waals surface area contributed by atoms with Gasteiger partial charge in [0.15, 0.2) is 5.82 Å². The molecule has 1 amide bonds. The Balaban J connectivity index is 1.48. The highest BCUT2D eigenvalue weighted by Crippen LogP contribution is 2.34. The van der Waals surface area contributed by atoms with Crippen molar-refractivity contribution in [2.24, 2.45) is 7.05 Å². The van der Waals surface area contributed by atoms with Crippen molar-refractivity contribution in [3.05, 3.63) is 52.7 Å². The van der Waals surface area contributed by atoms with Gasteiger partial charge < -0.3 is 14.5 Å². The molecule has 2 atom stereocenters. The van der Waals surface area contributed by atoms with Crippen LogP contribution in [0.2, 0.25) is 5.02 Å². The first kappa shape index (κ1) is 19.6. The highest BCUT2D eigenvalue weighted by atomic mass is 35.5. The van der Waals surface area contributed by atoms with Crippen LogP contribution in [0.25, 0.3) is 11.5 Å². The van der Waals surface area contributed by atoms with E-state index < -0.39 is 0 Å². The third kappa shape index (κ3) is 3.92. The second-order valence-electron chi connectivity index (χ2n) is 7.75. The first-order valence-corrected chi connectivity index (χ1v) is 10.3. The van der Waals surface area contributed by atoms with Crippen molar-refractivity contribution in [3.8, 4) is 11.5 Å². The van der Waals surface area contributed by atoms with E-state index in [0.717, 1.165) is 48.9 Å². The number of nitrogens with one attached hydrogen (secondary N) is 1. The van der Waals surface area contributed by atoms with Crippen molar-refractivity contribution in [2.45, 2.75) is 44.6 Å². The number of hydrogen-bond donors (Lipinski definition) is 1. The molecule has 1 aliphatic carbocycles. The summed E-state index contributed by atoms with van der Waals surface area (Å²) in [6.07, 6.45) is 5.74. The van der Waals surface area contributed by atoms with Gasteiger partial charge in [-0.05, 0) is 44.4 Å². The summed E-state index contributed by atoms with van der Waals surface area (Å²) in [5.74, 6) is 2.79. The molecule has 29 heavy (non-hydrogen) atoms. The van der Waals surface area contributed by atoms with Crippen LogP contribution in [0, 0.1) is 6.92 Å². The molecule has 1 aromatic carbocycles. The molecule has 2 aromatic heterocycles. The number of aryl methyl sites for hydroxylation is 1. The number of aromatic amines is 1. The van der Waals surface area contributed by atoms with Gasteiger partial charge in [0.2, 0.25) is 0 Å². The molecular weight excluding hydrogens is 388 g/mol. The first-order valence-electron chi connectivity index (χ1n) is 9.88. The zero-order valence-corrected chi connectivity index (χ0v) is 17.6. The molecular formula is C21H25ClN6O. The Kier molecular flexibility index (Phi) is 5.41. The average Bonchev–Trinajstić information content (AvgIpc) is 3.34. The number of H-pyrrole nitrogens is 1. The van der Waals surface area contributed by atoms with Gasteiger partial charge in [0, 0.05) is 36.6 Å². The number of carbonyl (C=O) groups excluding carboxylic acids is 1. The van der Waals surface area contributed by atoms with Gasteiger partial charge >= 0.3 is 0 Å². The van der Waals surface area contributed by atoms with Crippen LogP contribution in [0.15, 0.2) is 30.5 Å². The van der Waals surface area contributed by atoms with Crippen LogP contribution in [-0.2, 0) is 7.05 Å². The van der Waals surface area contributed by atoms with Crippen molar-refractivity contribution in [1.82, 2.24) is 29.6 Å². The highest BCUT2D eigenvalue weighted by Gasteiger charge is 2.30. The predicted molar refractivity (Wildman–Crippen MR) is 112 cm³/mol. The summed E-state index contributed by atoms with van der Waals surface area (Å²) in [5.41, 5.74) is 1.54. The van der Waals surface area contributed by atoms with Crippen molar-refractivity contribution >= 4 is 17.5 Å². The van der Waals surface area contributed by atoms with Gasteiger partial charge in [0.1, 0.15) is 17.3 Å². The van der Waals surface area contributed by atoms with Gasteiger partial charge in [-0.25, -0.2) is 4.98 Å². The van der Waals surface area contributed by atoms with E-state index in [1.54, 1.807) is 18.3 Å². The largest absolute Gasteiger partial charge is 0.339 e. The number of imidazole rings is 1. The smallest absolute Gasteiger partial charge is 0.253 e. The number of carbonyl (C=O) groups is 1. The van der Waals surface area contributed by atoms with E-state index in [2.05, 4.69) is 20.2 Å². The van der Waals surface area contributed by atoms with Gasteiger partial charge in [0.05, 0.1) is 6.20 Å². The van der Waals surface area contributed by atoms with E-state index in [-0.39, 0.29) is 17.9 Å². The Morgan fingerprint density at radius 3 is 2.86 bits per heavy atom. The number of amides is 1. The summed E-state index contributed by atoms with van der Waals surface area (Å²) in [6.45, 7) is 1.96.